The third kappa shape index (κ3) is 2.97. The Morgan fingerprint density at radius 3 is 2.38 bits per heavy atom. The smallest absolute Gasteiger partial charge is 0.324 e. The van der Waals surface area contributed by atoms with Gasteiger partial charge in [-0.2, -0.15) is 4.72 Å². The maximum absolute atomic E-state index is 12.3. The minimum atomic E-state index is -4.11. The Hall–Kier alpha value is -2.16. The van der Waals surface area contributed by atoms with Crippen molar-refractivity contribution >= 4 is 32.5 Å². The van der Waals surface area contributed by atoms with Gasteiger partial charge < -0.3 is 15.9 Å². The molecule has 0 radical (unpaired) electrons. The molecular formula is C13H14N2O5S. The Balaban J connectivity index is 2.56. The lowest BCUT2D eigenvalue weighted by Gasteiger charge is -2.14. The van der Waals surface area contributed by atoms with Gasteiger partial charge in [-0.3, -0.25) is 4.79 Å². The highest BCUT2D eigenvalue weighted by Gasteiger charge is 2.26. The van der Waals surface area contributed by atoms with Crippen LogP contribution in [0.15, 0.2) is 41.3 Å². The van der Waals surface area contributed by atoms with E-state index in [0.29, 0.717) is 16.5 Å². The minimum Gasteiger partial charge on any atom is -0.480 e. The van der Waals surface area contributed by atoms with Crippen molar-refractivity contribution in [2.24, 2.45) is 0 Å². The number of nitrogens with two attached hydrogens (primary N) is 1. The number of aliphatic hydroxyl groups excluding tert-OH is 1. The molecule has 1 atom stereocenters. The van der Waals surface area contributed by atoms with Crippen LogP contribution in [0.25, 0.3) is 10.8 Å². The molecule has 0 bridgehead atoms. The average molecular weight is 310 g/mol. The van der Waals surface area contributed by atoms with Crippen LogP contribution in [-0.2, 0) is 14.8 Å². The number of nitrogen functional groups attached to an aromatic ring is 1. The topological polar surface area (TPSA) is 130 Å². The summed E-state index contributed by atoms with van der Waals surface area (Å²) in [5.74, 6) is -1.46. The van der Waals surface area contributed by atoms with E-state index in [1.807, 2.05) is 4.72 Å². The van der Waals surface area contributed by atoms with Crippen molar-refractivity contribution in [3.05, 3.63) is 36.4 Å². The second-order valence-electron chi connectivity index (χ2n) is 4.39. The van der Waals surface area contributed by atoms with Crippen molar-refractivity contribution in [2.75, 3.05) is 12.3 Å². The molecule has 2 aromatic carbocycles. The average Bonchev–Trinajstić information content (AvgIpc) is 2.45. The molecule has 0 aliphatic rings. The maximum atomic E-state index is 12.3. The van der Waals surface area contributed by atoms with Crippen LogP contribution in [0.3, 0.4) is 0 Å². The number of hydrogen-bond donors (Lipinski definition) is 4. The molecule has 112 valence electrons. The van der Waals surface area contributed by atoms with Gasteiger partial charge in [0.2, 0.25) is 10.0 Å². The van der Waals surface area contributed by atoms with Crippen LogP contribution in [0.2, 0.25) is 0 Å². The van der Waals surface area contributed by atoms with Gasteiger partial charge in [-0.15, -0.1) is 0 Å². The number of nitrogens with one attached hydrogen (secondary N) is 1. The van der Waals surface area contributed by atoms with Crippen molar-refractivity contribution in [1.82, 2.24) is 4.72 Å². The number of sulfonamides is 1. The molecule has 0 aromatic heterocycles. The number of rotatable bonds is 5. The molecule has 2 rings (SSSR count). The number of benzene rings is 2. The molecule has 5 N–H and O–H groups in total. The molecule has 0 aliphatic heterocycles. The summed E-state index contributed by atoms with van der Waals surface area (Å²) >= 11 is 0. The molecule has 2 aromatic rings. The Labute approximate surface area is 121 Å². The van der Waals surface area contributed by atoms with Gasteiger partial charge in [-0.05, 0) is 12.1 Å². The van der Waals surface area contributed by atoms with Gasteiger partial charge in [-0.1, -0.05) is 24.3 Å². The molecule has 0 saturated heterocycles. The highest BCUT2D eigenvalue weighted by Crippen LogP contribution is 2.27. The number of carbonyl (C=O) groups is 1. The largest absolute Gasteiger partial charge is 0.480 e. The van der Waals surface area contributed by atoms with Gasteiger partial charge in [-0.25, -0.2) is 8.42 Å². The van der Waals surface area contributed by atoms with Gasteiger partial charge in [0.25, 0.3) is 0 Å². The fourth-order valence-corrected chi connectivity index (χ4v) is 3.34. The fourth-order valence-electron chi connectivity index (χ4n) is 1.95. The van der Waals surface area contributed by atoms with Crippen molar-refractivity contribution < 1.29 is 23.4 Å². The summed E-state index contributed by atoms with van der Waals surface area (Å²) in [4.78, 5) is 10.8. The van der Waals surface area contributed by atoms with Crippen molar-refractivity contribution in [3.63, 3.8) is 0 Å². The van der Waals surface area contributed by atoms with Crippen LogP contribution >= 0.6 is 0 Å². The Kier molecular flexibility index (Phi) is 4.12. The molecule has 0 aliphatic carbocycles. The van der Waals surface area contributed by atoms with Crippen LogP contribution in [0.1, 0.15) is 0 Å². The zero-order valence-corrected chi connectivity index (χ0v) is 11.7. The van der Waals surface area contributed by atoms with E-state index in [2.05, 4.69) is 0 Å². The predicted octanol–water partition coefficient (Wildman–Crippen LogP) is 0.146. The number of aliphatic carboxylic acids is 1. The van der Waals surface area contributed by atoms with Crippen LogP contribution in [-0.4, -0.2) is 37.2 Å². The summed E-state index contributed by atoms with van der Waals surface area (Å²) in [5.41, 5.74) is 6.21. The molecular weight excluding hydrogens is 296 g/mol. The van der Waals surface area contributed by atoms with E-state index in [1.54, 1.807) is 24.3 Å². The fraction of sp³-hybridized carbons (Fsp3) is 0.154. The second-order valence-corrected chi connectivity index (χ2v) is 6.08. The predicted molar refractivity (Wildman–Crippen MR) is 77.2 cm³/mol. The van der Waals surface area contributed by atoms with E-state index >= 15 is 0 Å². The van der Waals surface area contributed by atoms with E-state index in [9.17, 15) is 13.2 Å². The molecule has 1 unspecified atom stereocenters. The third-order valence-corrected chi connectivity index (χ3v) is 4.52. The first kappa shape index (κ1) is 15.2. The normalized spacial score (nSPS) is 13.2. The van der Waals surface area contributed by atoms with Crippen molar-refractivity contribution in [3.8, 4) is 0 Å². The summed E-state index contributed by atoms with van der Waals surface area (Å²) in [6.45, 7) is -0.846. The van der Waals surface area contributed by atoms with Gasteiger partial charge in [0.15, 0.2) is 0 Å². The maximum Gasteiger partial charge on any atom is 0.324 e. The quantitative estimate of drug-likeness (QED) is 0.581. The van der Waals surface area contributed by atoms with Gasteiger partial charge in [0, 0.05) is 16.5 Å². The number of fused-ring (bicyclic) bond motifs is 1. The molecule has 7 nitrogen and oxygen atoms in total. The molecule has 0 saturated carbocycles. The molecule has 0 heterocycles. The first-order valence-electron chi connectivity index (χ1n) is 6.00. The summed E-state index contributed by atoms with van der Waals surface area (Å²) in [5, 5.41) is 18.7. The monoisotopic (exact) mass is 310 g/mol. The van der Waals surface area contributed by atoms with Crippen LogP contribution < -0.4 is 10.5 Å². The Morgan fingerprint density at radius 1 is 1.19 bits per heavy atom. The van der Waals surface area contributed by atoms with Crippen LogP contribution in [0.4, 0.5) is 5.69 Å². The van der Waals surface area contributed by atoms with E-state index in [0.717, 1.165) is 0 Å². The summed E-state index contributed by atoms with van der Waals surface area (Å²) in [6.07, 6.45) is 0. The van der Waals surface area contributed by atoms with Crippen LogP contribution in [0, 0.1) is 0 Å². The van der Waals surface area contributed by atoms with Gasteiger partial charge >= 0.3 is 5.97 Å². The highest BCUT2D eigenvalue weighted by molar-refractivity contribution is 7.89. The van der Waals surface area contributed by atoms with E-state index in [-0.39, 0.29) is 4.90 Å². The molecule has 21 heavy (non-hydrogen) atoms. The van der Waals surface area contributed by atoms with Crippen molar-refractivity contribution in [1.29, 1.82) is 0 Å². The highest BCUT2D eigenvalue weighted by atomic mass is 32.2. The number of aliphatic hydroxyl groups is 1. The van der Waals surface area contributed by atoms with Gasteiger partial charge in [0.05, 0.1) is 11.5 Å². The Bertz CT molecular complexity index is 788. The standard InChI is InChI=1S/C13H14N2O5S/c14-10-5-6-12(9-4-2-1-3-8(9)10)21(19,20)15-11(7-16)13(17)18/h1-6,11,15-16H,7,14H2,(H,17,18). The zero-order chi connectivity index (χ0) is 15.6. The van der Waals surface area contributed by atoms with E-state index < -0.39 is 28.6 Å². The molecule has 0 amide bonds. The number of carboxylic acid groups (broad SMARTS) is 1. The minimum absolute atomic E-state index is 0.0907. The van der Waals surface area contributed by atoms with E-state index in [4.69, 9.17) is 15.9 Å². The lowest BCUT2D eigenvalue weighted by atomic mass is 10.1. The van der Waals surface area contributed by atoms with Gasteiger partial charge in [0.1, 0.15) is 6.04 Å². The number of hydrogen-bond acceptors (Lipinski definition) is 5. The number of anilines is 1. The number of carboxylic acids is 1. The lowest BCUT2D eigenvalue weighted by Crippen LogP contribution is -2.43. The molecule has 8 heteroatoms. The second kappa shape index (κ2) is 5.68. The first-order chi connectivity index (χ1) is 9.86. The first-order valence-corrected chi connectivity index (χ1v) is 7.48. The van der Waals surface area contributed by atoms with Crippen LogP contribution in [0.5, 0.6) is 0 Å². The molecule has 0 fully saturated rings. The lowest BCUT2D eigenvalue weighted by molar-refractivity contribution is -0.139. The third-order valence-electron chi connectivity index (χ3n) is 2.99. The van der Waals surface area contributed by atoms with Crippen molar-refractivity contribution in [2.45, 2.75) is 10.9 Å². The summed E-state index contributed by atoms with van der Waals surface area (Å²) < 4.78 is 26.6. The van der Waals surface area contributed by atoms with E-state index in [1.165, 1.54) is 12.1 Å². The summed E-state index contributed by atoms with van der Waals surface area (Å²) in [7, 11) is -4.11. The zero-order valence-electron chi connectivity index (χ0n) is 10.9. The summed E-state index contributed by atoms with van der Waals surface area (Å²) in [6, 6.07) is 7.75. The molecule has 0 spiro atoms. The Morgan fingerprint density at radius 2 is 1.81 bits per heavy atom. The SMILES string of the molecule is Nc1ccc(S(=O)(=O)NC(CO)C(=O)O)c2ccccc12.